The smallest absolute Gasteiger partial charge is 0.130 e. The van der Waals surface area contributed by atoms with Gasteiger partial charge in [-0.25, -0.2) is 0 Å². The molecular formula is C14H18N2O2. The second-order valence-corrected chi connectivity index (χ2v) is 4.14. The highest BCUT2D eigenvalue weighted by Gasteiger charge is 2.10. The van der Waals surface area contributed by atoms with Crippen LogP contribution in [0.1, 0.15) is 31.0 Å². The quantitative estimate of drug-likeness (QED) is 0.851. The summed E-state index contributed by atoms with van der Waals surface area (Å²) in [6.07, 6.45) is 3.26. The van der Waals surface area contributed by atoms with Crippen molar-refractivity contribution in [2.45, 2.75) is 26.5 Å². The molecule has 0 aliphatic heterocycles. The van der Waals surface area contributed by atoms with Crippen molar-refractivity contribution >= 4 is 0 Å². The molecule has 1 aromatic heterocycles. The number of nitrogens with one attached hydrogen (secondary N) is 1. The Hall–Kier alpha value is -1.81. The number of ether oxygens (including phenoxy) is 1. The molecule has 1 N–H and O–H groups in total. The molecule has 96 valence electrons. The van der Waals surface area contributed by atoms with E-state index in [0.29, 0.717) is 6.61 Å². The van der Waals surface area contributed by atoms with Crippen LogP contribution in [0, 0.1) is 0 Å². The van der Waals surface area contributed by atoms with Crippen molar-refractivity contribution in [1.82, 2.24) is 10.5 Å². The zero-order valence-electron chi connectivity index (χ0n) is 10.7. The summed E-state index contributed by atoms with van der Waals surface area (Å²) in [5.74, 6) is 0.896. The first-order valence-electron chi connectivity index (χ1n) is 6.14. The van der Waals surface area contributed by atoms with Gasteiger partial charge < -0.3 is 14.6 Å². The van der Waals surface area contributed by atoms with Gasteiger partial charge in [0.25, 0.3) is 0 Å². The summed E-state index contributed by atoms with van der Waals surface area (Å²) >= 11 is 0. The summed E-state index contributed by atoms with van der Waals surface area (Å²) in [4.78, 5) is 0. The van der Waals surface area contributed by atoms with Gasteiger partial charge in [0.15, 0.2) is 0 Å². The van der Waals surface area contributed by atoms with Crippen LogP contribution >= 0.6 is 0 Å². The maximum atomic E-state index is 5.81. The van der Waals surface area contributed by atoms with Gasteiger partial charge >= 0.3 is 0 Å². The molecule has 2 rings (SSSR count). The van der Waals surface area contributed by atoms with Crippen LogP contribution in [0.5, 0.6) is 5.75 Å². The SMILES string of the molecule is CCNC(C)c1ccccc1OCc1cnoc1. The average Bonchev–Trinajstić information content (AvgIpc) is 2.90. The maximum absolute atomic E-state index is 5.81. The van der Waals surface area contributed by atoms with E-state index in [1.165, 1.54) is 0 Å². The Bertz CT molecular complexity index is 468. The minimum absolute atomic E-state index is 0.272. The van der Waals surface area contributed by atoms with Crippen LogP contribution in [0.3, 0.4) is 0 Å². The Morgan fingerprint density at radius 1 is 1.39 bits per heavy atom. The van der Waals surface area contributed by atoms with Gasteiger partial charge in [-0.2, -0.15) is 0 Å². The Labute approximate surface area is 107 Å². The van der Waals surface area contributed by atoms with Gasteiger partial charge in [-0.1, -0.05) is 30.3 Å². The molecule has 0 saturated carbocycles. The average molecular weight is 246 g/mol. The second-order valence-electron chi connectivity index (χ2n) is 4.14. The number of aromatic nitrogens is 1. The zero-order valence-corrected chi connectivity index (χ0v) is 10.7. The summed E-state index contributed by atoms with van der Waals surface area (Å²) in [6, 6.07) is 8.33. The number of nitrogens with zero attached hydrogens (tertiary/aromatic N) is 1. The van der Waals surface area contributed by atoms with E-state index in [9.17, 15) is 0 Å². The van der Waals surface area contributed by atoms with Gasteiger partial charge in [0, 0.05) is 17.2 Å². The first-order chi connectivity index (χ1) is 8.81. The molecule has 4 heteroatoms. The van der Waals surface area contributed by atoms with Gasteiger partial charge in [-0.3, -0.25) is 0 Å². The van der Waals surface area contributed by atoms with Crippen molar-refractivity contribution in [3.05, 3.63) is 47.9 Å². The highest BCUT2D eigenvalue weighted by Crippen LogP contribution is 2.25. The molecule has 0 aliphatic carbocycles. The normalized spacial score (nSPS) is 12.3. The van der Waals surface area contributed by atoms with Gasteiger partial charge in [0.1, 0.15) is 18.6 Å². The van der Waals surface area contributed by atoms with Crippen LogP contribution in [-0.4, -0.2) is 11.7 Å². The fourth-order valence-electron chi connectivity index (χ4n) is 1.84. The van der Waals surface area contributed by atoms with Gasteiger partial charge in [0.2, 0.25) is 0 Å². The maximum Gasteiger partial charge on any atom is 0.130 e. The summed E-state index contributed by atoms with van der Waals surface area (Å²) in [5, 5.41) is 7.04. The van der Waals surface area contributed by atoms with E-state index >= 15 is 0 Å². The van der Waals surface area contributed by atoms with Crippen LogP contribution < -0.4 is 10.1 Å². The van der Waals surface area contributed by atoms with E-state index in [-0.39, 0.29) is 6.04 Å². The van der Waals surface area contributed by atoms with Crippen molar-refractivity contribution < 1.29 is 9.26 Å². The van der Waals surface area contributed by atoms with Crippen LogP contribution in [0.4, 0.5) is 0 Å². The van der Waals surface area contributed by atoms with E-state index in [0.717, 1.165) is 23.4 Å². The van der Waals surface area contributed by atoms with E-state index in [1.54, 1.807) is 12.5 Å². The fourth-order valence-corrected chi connectivity index (χ4v) is 1.84. The minimum Gasteiger partial charge on any atom is -0.488 e. The van der Waals surface area contributed by atoms with E-state index in [2.05, 4.69) is 30.4 Å². The van der Waals surface area contributed by atoms with Gasteiger partial charge in [0.05, 0.1) is 6.20 Å². The van der Waals surface area contributed by atoms with Crippen LogP contribution in [0.2, 0.25) is 0 Å². The van der Waals surface area contributed by atoms with E-state index < -0.39 is 0 Å². The molecule has 18 heavy (non-hydrogen) atoms. The molecule has 0 saturated heterocycles. The molecule has 1 heterocycles. The standard InChI is InChI=1S/C14H18N2O2/c1-3-15-11(2)13-6-4-5-7-14(13)17-9-12-8-16-18-10-12/h4-8,10-11,15H,3,9H2,1-2H3. The molecule has 0 aliphatic rings. The summed E-state index contributed by atoms with van der Waals surface area (Å²) in [7, 11) is 0. The highest BCUT2D eigenvalue weighted by atomic mass is 16.5. The first kappa shape index (κ1) is 12.6. The number of benzene rings is 1. The third kappa shape index (κ3) is 3.11. The summed E-state index contributed by atoms with van der Waals surface area (Å²) in [6.45, 7) is 5.63. The van der Waals surface area contributed by atoms with Crippen molar-refractivity contribution in [3.63, 3.8) is 0 Å². The summed E-state index contributed by atoms with van der Waals surface area (Å²) < 4.78 is 10.6. The zero-order chi connectivity index (χ0) is 12.8. The number of hydrogen-bond acceptors (Lipinski definition) is 4. The molecule has 0 spiro atoms. The highest BCUT2D eigenvalue weighted by molar-refractivity contribution is 5.35. The largest absolute Gasteiger partial charge is 0.488 e. The molecule has 1 aromatic carbocycles. The molecule has 0 fully saturated rings. The molecular weight excluding hydrogens is 228 g/mol. The molecule has 2 aromatic rings. The third-order valence-corrected chi connectivity index (χ3v) is 2.77. The van der Waals surface area contributed by atoms with Crippen LogP contribution in [0.25, 0.3) is 0 Å². The van der Waals surface area contributed by atoms with E-state index in [4.69, 9.17) is 9.26 Å². The van der Waals surface area contributed by atoms with Crippen LogP contribution in [-0.2, 0) is 6.61 Å². The lowest BCUT2D eigenvalue weighted by molar-refractivity contribution is 0.298. The van der Waals surface area contributed by atoms with Crippen molar-refractivity contribution in [3.8, 4) is 5.75 Å². The fraction of sp³-hybridized carbons (Fsp3) is 0.357. The van der Waals surface area contributed by atoms with Gasteiger partial charge in [-0.05, 0) is 19.5 Å². The molecule has 0 bridgehead atoms. The molecule has 4 nitrogen and oxygen atoms in total. The predicted molar refractivity (Wildman–Crippen MR) is 69.4 cm³/mol. The lowest BCUT2D eigenvalue weighted by Crippen LogP contribution is -2.18. The van der Waals surface area contributed by atoms with Crippen LogP contribution in [0.15, 0.2) is 41.2 Å². The van der Waals surface area contributed by atoms with Crippen molar-refractivity contribution in [1.29, 1.82) is 0 Å². The Morgan fingerprint density at radius 3 is 2.94 bits per heavy atom. The lowest BCUT2D eigenvalue weighted by Gasteiger charge is -2.17. The molecule has 1 unspecified atom stereocenters. The second kappa shape index (κ2) is 6.21. The predicted octanol–water partition coefficient (Wildman–Crippen LogP) is 2.92. The first-order valence-corrected chi connectivity index (χ1v) is 6.14. The molecule has 0 amide bonds. The van der Waals surface area contributed by atoms with E-state index in [1.807, 2.05) is 18.2 Å². The minimum atomic E-state index is 0.272. The molecule has 1 atom stereocenters. The Morgan fingerprint density at radius 2 is 2.22 bits per heavy atom. The molecule has 0 radical (unpaired) electrons. The number of rotatable bonds is 6. The monoisotopic (exact) mass is 246 g/mol. The van der Waals surface area contributed by atoms with Crippen molar-refractivity contribution in [2.24, 2.45) is 0 Å². The Balaban J connectivity index is 2.07. The third-order valence-electron chi connectivity index (χ3n) is 2.77. The number of hydrogen-bond donors (Lipinski definition) is 1. The Kier molecular flexibility index (Phi) is 4.36. The van der Waals surface area contributed by atoms with Crippen molar-refractivity contribution in [2.75, 3.05) is 6.54 Å². The number of para-hydroxylation sites is 1. The summed E-state index contributed by atoms with van der Waals surface area (Å²) in [5.41, 5.74) is 2.09. The lowest BCUT2D eigenvalue weighted by atomic mass is 10.1. The van der Waals surface area contributed by atoms with Gasteiger partial charge in [-0.15, -0.1) is 0 Å². The topological polar surface area (TPSA) is 47.3 Å².